The third-order valence-corrected chi connectivity index (χ3v) is 4.49. The van der Waals surface area contributed by atoms with Crippen molar-refractivity contribution in [2.75, 3.05) is 18.0 Å². The quantitative estimate of drug-likeness (QED) is 0.770. The van der Waals surface area contributed by atoms with E-state index in [1.165, 1.54) is 6.33 Å². The molecule has 118 valence electrons. The first-order valence-corrected chi connectivity index (χ1v) is 7.87. The van der Waals surface area contributed by atoms with E-state index in [-0.39, 0.29) is 0 Å². The van der Waals surface area contributed by atoms with E-state index in [9.17, 15) is 5.11 Å². The Morgan fingerprint density at radius 2 is 2.22 bits per heavy atom. The third-order valence-electron chi connectivity index (χ3n) is 4.26. The highest BCUT2D eigenvalue weighted by atomic mass is 35.5. The lowest BCUT2D eigenvalue weighted by Gasteiger charge is -2.24. The Kier molecular flexibility index (Phi) is 3.43. The molecule has 0 unspecified atom stereocenters. The molecule has 2 N–H and O–H groups in total. The van der Waals surface area contributed by atoms with Gasteiger partial charge in [-0.3, -0.25) is 0 Å². The Bertz CT molecular complexity index is 851. The number of benzene rings is 1. The summed E-state index contributed by atoms with van der Waals surface area (Å²) in [6.07, 6.45) is 4.37. The van der Waals surface area contributed by atoms with Crippen molar-refractivity contribution in [3.05, 3.63) is 47.5 Å². The van der Waals surface area contributed by atoms with E-state index in [2.05, 4.69) is 24.8 Å². The van der Waals surface area contributed by atoms with Crippen molar-refractivity contribution in [1.29, 1.82) is 0 Å². The zero-order valence-electron chi connectivity index (χ0n) is 12.4. The van der Waals surface area contributed by atoms with Crippen LogP contribution in [0.2, 0.25) is 5.02 Å². The molecule has 0 radical (unpaired) electrons. The van der Waals surface area contributed by atoms with Gasteiger partial charge in [-0.1, -0.05) is 23.7 Å². The molecule has 1 aromatic carbocycles. The second kappa shape index (κ2) is 5.47. The molecular weight excluding hydrogens is 314 g/mol. The fourth-order valence-corrected chi connectivity index (χ4v) is 3.41. The monoisotopic (exact) mass is 329 g/mol. The van der Waals surface area contributed by atoms with E-state index < -0.39 is 5.60 Å². The van der Waals surface area contributed by atoms with Crippen LogP contribution in [0.25, 0.3) is 11.2 Å². The number of hydrogen-bond donors (Lipinski definition) is 2. The zero-order valence-corrected chi connectivity index (χ0v) is 13.2. The number of H-pyrrole nitrogens is 1. The van der Waals surface area contributed by atoms with Gasteiger partial charge in [-0.05, 0) is 24.1 Å². The number of imidazole rings is 1. The SMILES string of the molecule is O[C@]1(Cc2cccc(Cl)c2)CCN(c2ncnc3nc[nH]c23)C1. The molecule has 0 saturated carbocycles. The summed E-state index contributed by atoms with van der Waals surface area (Å²) in [4.78, 5) is 17.8. The first-order chi connectivity index (χ1) is 11.1. The summed E-state index contributed by atoms with van der Waals surface area (Å²) in [7, 11) is 0. The minimum absolute atomic E-state index is 0.518. The van der Waals surface area contributed by atoms with Crippen molar-refractivity contribution in [2.45, 2.75) is 18.4 Å². The van der Waals surface area contributed by atoms with E-state index in [1.807, 2.05) is 24.3 Å². The van der Waals surface area contributed by atoms with Crippen LogP contribution in [0, 0.1) is 0 Å². The second-order valence-corrected chi connectivity index (χ2v) is 6.44. The number of aromatic nitrogens is 4. The van der Waals surface area contributed by atoms with E-state index in [1.54, 1.807) is 6.33 Å². The van der Waals surface area contributed by atoms with Gasteiger partial charge in [-0.15, -0.1) is 0 Å². The van der Waals surface area contributed by atoms with Crippen LogP contribution in [0.4, 0.5) is 5.82 Å². The van der Waals surface area contributed by atoms with Crippen LogP contribution >= 0.6 is 11.6 Å². The molecule has 6 nitrogen and oxygen atoms in total. The van der Waals surface area contributed by atoms with Gasteiger partial charge in [0.2, 0.25) is 0 Å². The maximum Gasteiger partial charge on any atom is 0.182 e. The number of anilines is 1. The van der Waals surface area contributed by atoms with E-state index in [4.69, 9.17) is 11.6 Å². The molecule has 0 amide bonds. The van der Waals surface area contributed by atoms with Gasteiger partial charge in [0.1, 0.15) is 11.8 Å². The van der Waals surface area contributed by atoms with Crippen LogP contribution in [-0.2, 0) is 6.42 Å². The third kappa shape index (κ3) is 2.75. The van der Waals surface area contributed by atoms with Gasteiger partial charge < -0.3 is 15.0 Å². The van der Waals surface area contributed by atoms with Crippen LogP contribution in [0.5, 0.6) is 0 Å². The van der Waals surface area contributed by atoms with Crippen molar-refractivity contribution in [1.82, 2.24) is 19.9 Å². The fraction of sp³-hybridized carbons (Fsp3) is 0.312. The summed E-state index contributed by atoms with van der Waals surface area (Å²) in [6, 6.07) is 7.64. The molecule has 1 atom stereocenters. The van der Waals surface area contributed by atoms with Gasteiger partial charge in [-0.25, -0.2) is 15.0 Å². The Morgan fingerprint density at radius 1 is 1.30 bits per heavy atom. The average Bonchev–Trinajstić information content (AvgIpc) is 3.13. The normalized spacial score (nSPS) is 21.2. The van der Waals surface area contributed by atoms with Crippen LogP contribution in [0.15, 0.2) is 36.9 Å². The standard InChI is InChI=1S/C16H16ClN5O/c17-12-3-1-2-11(6-12)7-16(23)4-5-22(8-16)15-13-14(19-9-18-13)20-10-21-15/h1-3,6,9-10,23H,4-5,7-8H2,(H,18,19,20,21)/t16-/m0/s1. The molecule has 1 aliphatic rings. The molecular formula is C16H16ClN5O. The highest BCUT2D eigenvalue weighted by molar-refractivity contribution is 6.30. The zero-order chi connectivity index (χ0) is 15.9. The smallest absolute Gasteiger partial charge is 0.182 e. The summed E-state index contributed by atoms with van der Waals surface area (Å²) in [6.45, 7) is 1.26. The lowest BCUT2D eigenvalue weighted by Crippen LogP contribution is -2.35. The summed E-state index contributed by atoms with van der Waals surface area (Å²) in [5, 5.41) is 11.6. The number of fused-ring (bicyclic) bond motifs is 1. The van der Waals surface area contributed by atoms with Crippen LogP contribution in [0.1, 0.15) is 12.0 Å². The minimum Gasteiger partial charge on any atom is -0.388 e. The lowest BCUT2D eigenvalue weighted by molar-refractivity contribution is 0.0637. The van der Waals surface area contributed by atoms with Crippen LogP contribution < -0.4 is 4.90 Å². The van der Waals surface area contributed by atoms with Gasteiger partial charge in [0, 0.05) is 24.5 Å². The molecule has 4 rings (SSSR count). The summed E-state index contributed by atoms with van der Waals surface area (Å²) in [5.41, 5.74) is 1.69. The average molecular weight is 330 g/mol. The molecule has 1 fully saturated rings. The fourth-order valence-electron chi connectivity index (χ4n) is 3.20. The number of halogens is 1. The topological polar surface area (TPSA) is 77.9 Å². The molecule has 0 aliphatic carbocycles. The highest BCUT2D eigenvalue weighted by Gasteiger charge is 2.37. The molecule has 3 aromatic rings. The maximum absolute atomic E-state index is 10.9. The van der Waals surface area contributed by atoms with Crippen molar-refractivity contribution < 1.29 is 5.11 Å². The van der Waals surface area contributed by atoms with Gasteiger partial charge in [-0.2, -0.15) is 0 Å². The number of nitrogens with one attached hydrogen (secondary N) is 1. The molecule has 2 aromatic heterocycles. The van der Waals surface area contributed by atoms with Gasteiger partial charge in [0.25, 0.3) is 0 Å². The first-order valence-electron chi connectivity index (χ1n) is 7.49. The van der Waals surface area contributed by atoms with Crippen LogP contribution in [0.3, 0.4) is 0 Å². The molecule has 7 heteroatoms. The van der Waals surface area contributed by atoms with Gasteiger partial charge >= 0.3 is 0 Å². The van der Waals surface area contributed by atoms with E-state index >= 15 is 0 Å². The summed E-state index contributed by atoms with van der Waals surface area (Å²) < 4.78 is 0. The van der Waals surface area contributed by atoms with Crippen molar-refractivity contribution in [3.8, 4) is 0 Å². The summed E-state index contributed by atoms with van der Waals surface area (Å²) >= 11 is 6.03. The van der Waals surface area contributed by atoms with Gasteiger partial charge in [0.05, 0.1) is 11.9 Å². The highest BCUT2D eigenvalue weighted by Crippen LogP contribution is 2.31. The van der Waals surface area contributed by atoms with E-state index in [0.29, 0.717) is 30.1 Å². The Morgan fingerprint density at radius 3 is 3.09 bits per heavy atom. The van der Waals surface area contributed by atoms with E-state index in [0.717, 1.165) is 23.4 Å². The Labute approximate surface area is 138 Å². The summed E-state index contributed by atoms with van der Waals surface area (Å²) in [5.74, 6) is 0.787. The van der Waals surface area contributed by atoms with Crippen LogP contribution in [-0.4, -0.2) is 43.7 Å². The minimum atomic E-state index is -0.790. The molecule has 23 heavy (non-hydrogen) atoms. The molecule has 1 saturated heterocycles. The molecule has 1 aliphatic heterocycles. The predicted molar refractivity (Wildman–Crippen MR) is 88.6 cm³/mol. The first kappa shape index (κ1) is 14.4. The number of β-amino-alcohol motifs (C(OH)–C–C–N with tert-alkyl or cyclic N) is 1. The van der Waals surface area contributed by atoms with Crippen molar-refractivity contribution in [2.24, 2.45) is 0 Å². The molecule has 0 spiro atoms. The number of nitrogens with zero attached hydrogens (tertiary/aromatic N) is 4. The number of aliphatic hydroxyl groups is 1. The number of rotatable bonds is 3. The lowest BCUT2D eigenvalue weighted by atomic mass is 9.94. The second-order valence-electron chi connectivity index (χ2n) is 6.00. The number of hydrogen-bond acceptors (Lipinski definition) is 5. The molecule has 3 heterocycles. The van der Waals surface area contributed by atoms with Crippen molar-refractivity contribution >= 4 is 28.6 Å². The Hall–Kier alpha value is -2.18. The van der Waals surface area contributed by atoms with Gasteiger partial charge in [0.15, 0.2) is 11.5 Å². The number of aromatic amines is 1. The molecule has 0 bridgehead atoms. The Balaban J connectivity index is 1.57. The largest absolute Gasteiger partial charge is 0.388 e. The van der Waals surface area contributed by atoms with Crippen molar-refractivity contribution in [3.63, 3.8) is 0 Å². The predicted octanol–water partition coefficient (Wildman–Crippen LogP) is 2.19. The maximum atomic E-state index is 10.9.